The fourth-order valence-electron chi connectivity index (χ4n) is 4.26. The molecule has 1 aliphatic heterocycles. The van der Waals surface area contributed by atoms with E-state index >= 15 is 0 Å². The zero-order valence-electron chi connectivity index (χ0n) is 20.0. The number of amides is 1. The Hall–Kier alpha value is -3.73. The summed E-state index contributed by atoms with van der Waals surface area (Å²) in [7, 11) is 0. The molecule has 194 valence electrons. The second-order valence-corrected chi connectivity index (χ2v) is 9.13. The molecule has 4 rings (SSSR count). The third-order valence-electron chi connectivity index (χ3n) is 5.98. The zero-order valence-corrected chi connectivity index (χ0v) is 20.8. The molecule has 1 saturated heterocycles. The Morgan fingerprint density at radius 3 is 1.78 bits per heavy atom. The normalized spacial score (nSPS) is 13.5. The van der Waals surface area contributed by atoms with E-state index in [9.17, 15) is 26.7 Å². The van der Waals surface area contributed by atoms with Crippen LogP contribution >= 0.6 is 12.2 Å². The van der Waals surface area contributed by atoms with Crippen LogP contribution in [-0.4, -0.2) is 37.2 Å². The van der Waals surface area contributed by atoms with Gasteiger partial charge >= 0.3 is 0 Å². The smallest absolute Gasteiger partial charge is 0.257 e. The first-order valence-corrected chi connectivity index (χ1v) is 11.8. The van der Waals surface area contributed by atoms with Gasteiger partial charge in [0.1, 0.15) is 5.69 Å². The van der Waals surface area contributed by atoms with Crippen LogP contribution in [0.3, 0.4) is 0 Å². The number of anilines is 3. The number of carbonyl (C=O) groups excluding carboxylic acids is 1. The highest BCUT2D eigenvalue weighted by Gasteiger charge is 2.30. The number of rotatable bonds is 4. The van der Waals surface area contributed by atoms with Crippen molar-refractivity contribution in [3.8, 4) is 0 Å². The van der Waals surface area contributed by atoms with Gasteiger partial charge < -0.3 is 15.1 Å². The Balaban J connectivity index is 1.35. The monoisotopic (exact) mass is 534 g/mol. The minimum Gasteiger partial charge on any atom is -0.368 e. The fraction of sp³-hybridized carbons (Fsp3) is 0.231. The van der Waals surface area contributed by atoms with Gasteiger partial charge in [-0.1, -0.05) is 17.2 Å². The lowest BCUT2D eigenvalue weighted by atomic mass is 10.1. The van der Waals surface area contributed by atoms with Crippen molar-refractivity contribution in [2.45, 2.75) is 13.8 Å². The predicted octanol–water partition coefficient (Wildman–Crippen LogP) is 5.45. The highest BCUT2D eigenvalue weighted by atomic mass is 32.1. The second kappa shape index (κ2) is 10.7. The molecule has 0 spiro atoms. The molecule has 11 heteroatoms. The van der Waals surface area contributed by atoms with Crippen molar-refractivity contribution in [3.63, 3.8) is 0 Å². The molecule has 37 heavy (non-hydrogen) atoms. The van der Waals surface area contributed by atoms with Gasteiger partial charge in [0.25, 0.3) is 5.91 Å². The van der Waals surface area contributed by atoms with Gasteiger partial charge in [0.2, 0.25) is 5.82 Å². The van der Waals surface area contributed by atoms with E-state index in [0.717, 1.165) is 21.7 Å². The van der Waals surface area contributed by atoms with Crippen LogP contribution in [-0.2, 0) is 0 Å². The topological polar surface area (TPSA) is 47.6 Å². The van der Waals surface area contributed by atoms with Gasteiger partial charge in [-0.2, -0.15) is 0 Å². The van der Waals surface area contributed by atoms with Gasteiger partial charge in [-0.25, -0.2) is 22.0 Å². The maximum atomic E-state index is 14.1. The third kappa shape index (κ3) is 5.66. The number of aryl methyl sites for hydroxylation is 2. The van der Waals surface area contributed by atoms with E-state index < -0.39 is 34.8 Å². The Kier molecular flexibility index (Phi) is 7.63. The van der Waals surface area contributed by atoms with E-state index in [1.807, 2.05) is 24.8 Å². The lowest BCUT2D eigenvalue weighted by Crippen LogP contribution is -2.47. The number of nitrogens with one attached hydrogen (secondary N) is 2. The summed E-state index contributed by atoms with van der Waals surface area (Å²) in [6, 6.07) is 12.6. The number of benzene rings is 3. The molecule has 0 radical (unpaired) electrons. The lowest BCUT2D eigenvalue weighted by Gasteiger charge is -2.37. The fourth-order valence-corrected chi connectivity index (χ4v) is 4.47. The molecule has 0 aromatic heterocycles. The summed E-state index contributed by atoms with van der Waals surface area (Å²) in [6.07, 6.45) is 0. The van der Waals surface area contributed by atoms with Crippen molar-refractivity contribution in [3.05, 3.63) is 88.2 Å². The van der Waals surface area contributed by atoms with Crippen molar-refractivity contribution in [1.82, 2.24) is 5.32 Å². The van der Waals surface area contributed by atoms with Crippen LogP contribution in [0, 0.1) is 42.9 Å². The van der Waals surface area contributed by atoms with Crippen molar-refractivity contribution < 1.29 is 26.7 Å². The van der Waals surface area contributed by atoms with Crippen LogP contribution in [0.25, 0.3) is 0 Å². The number of hydrogen-bond donors (Lipinski definition) is 2. The molecule has 0 aliphatic carbocycles. The molecule has 0 unspecified atom stereocenters. The minimum atomic E-state index is -2.17. The molecule has 3 aromatic carbocycles. The summed E-state index contributed by atoms with van der Waals surface area (Å²) >= 11 is 5.25. The van der Waals surface area contributed by atoms with Crippen LogP contribution in [0.4, 0.5) is 39.0 Å². The van der Waals surface area contributed by atoms with Gasteiger partial charge in [0, 0.05) is 43.1 Å². The molecule has 1 aliphatic rings. The number of nitrogens with zero attached hydrogens (tertiary/aromatic N) is 2. The summed E-state index contributed by atoms with van der Waals surface area (Å²) in [5.74, 6) is -10.1. The first-order valence-electron chi connectivity index (χ1n) is 11.4. The molecule has 1 amide bonds. The summed E-state index contributed by atoms with van der Waals surface area (Å²) in [6.45, 7) is 4.54. The summed E-state index contributed by atoms with van der Waals surface area (Å²) in [5.41, 5.74) is 2.96. The third-order valence-corrected chi connectivity index (χ3v) is 6.19. The molecule has 3 aromatic rings. The van der Waals surface area contributed by atoms with E-state index in [-0.39, 0.29) is 24.1 Å². The largest absolute Gasteiger partial charge is 0.368 e. The maximum Gasteiger partial charge on any atom is 0.257 e. The Morgan fingerprint density at radius 1 is 0.757 bits per heavy atom. The highest BCUT2D eigenvalue weighted by Crippen LogP contribution is 2.31. The number of halogens is 5. The van der Waals surface area contributed by atoms with Gasteiger partial charge in [-0.3, -0.25) is 10.1 Å². The molecular weight excluding hydrogens is 511 g/mol. The van der Waals surface area contributed by atoms with Crippen LogP contribution in [0.5, 0.6) is 0 Å². The first-order chi connectivity index (χ1) is 17.5. The van der Waals surface area contributed by atoms with Crippen LogP contribution in [0.2, 0.25) is 0 Å². The van der Waals surface area contributed by atoms with Gasteiger partial charge in [0.15, 0.2) is 28.4 Å². The summed E-state index contributed by atoms with van der Waals surface area (Å²) in [5, 5.41) is 5.72. The zero-order chi connectivity index (χ0) is 26.9. The van der Waals surface area contributed by atoms with E-state index in [1.165, 1.54) is 0 Å². The predicted molar refractivity (Wildman–Crippen MR) is 137 cm³/mol. The molecule has 1 heterocycles. The Bertz CT molecular complexity index is 1310. The number of piperazine rings is 1. The molecule has 5 nitrogen and oxygen atoms in total. The van der Waals surface area contributed by atoms with Gasteiger partial charge in [-0.05, 0) is 62.5 Å². The minimum absolute atomic E-state index is 0.0624. The number of thiocarbonyl (C=S) groups is 1. The molecule has 0 bridgehead atoms. The molecule has 0 saturated carbocycles. The quantitative estimate of drug-likeness (QED) is 0.202. The maximum absolute atomic E-state index is 14.1. The highest BCUT2D eigenvalue weighted by molar-refractivity contribution is 7.80. The van der Waals surface area contributed by atoms with E-state index in [2.05, 4.69) is 10.6 Å². The first kappa shape index (κ1) is 26.3. The Morgan fingerprint density at radius 2 is 1.24 bits per heavy atom. The van der Waals surface area contributed by atoms with Gasteiger partial charge in [0.05, 0.1) is 0 Å². The second-order valence-electron chi connectivity index (χ2n) is 8.72. The molecular formula is C26H23F5N4OS. The van der Waals surface area contributed by atoms with Crippen molar-refractivity contribution >= 4 is 40.3 Å². The number of hydrogen-bond acceptors (Lipinski definition) is 4. The molecule has 2 N–H and O–H groups in total. The van der Waals surface area contributed by atoms with Gasteiger partial charge in [-0.15, -0.1) is 0 Å². The average molecular weight is 535 g/mol. The van der Waals surface area contributed by atoms with Crippen molar-refractivity contribution in [1.29, 1.82) is 0 Å². The van der Waals surface area contributed by atoms with Crippen molar-refractivity contribution in [2.24, 2.45) is 0 Å². The standard InChI is InChI=1S/C26H23F5N4OS/c1-14-11-15(2)13-16(12-14)25(36)33-26(37)32-17-3-5-18(6-4-17)34-7-9-35(10-8-34)24-22(30)20(28)19(27)21(29)23(24)31/h3-6,11-13H,7-10H2,1-2H3,(H2,32,33,36,37). The average Bonchev–Trinajstić information content (AvgIpc) is 2.86. The van der Waals surface area contributed by atoms with Crippen LogP contribution in [0.1, 0.15) is 21.5 Å². The van der Waals surface area contributed by atoms with E-state index in [1.54, 1.807) is 36.4 Å². The lowest BCUT2D eigenvalue weighted by molar-refractivity contribution is 0.0977. The van der Waals surface area contributed by atoms with E-state index in [4.69, 9.17) is 12.2 Å². The van der Waals surface area contributed by atoms with E-state index in [0.29, 0.717) is 24.3 Å². The van der Waals surface area contributed by atoms with Crippen LogP contribution in [0.15, 0.2) is 42.5 Å². The SMILES string of the molecule is Cc1cc(C)cc(C(=O)NC(=S)Nc2ccc(N3CCN(c4c(F)c(F)c(F)c(F)c4F)CC3)cc2)c1. The summed E-state index contributed by atoms with van der Waals surface area (Å²) < 4.78 is 68.8. The Labute approximate surface area is 215 Å². The van der Waals surface area contributed by atoms with Crippen LogP contribution < -0.4 is 20.4 Å². The number of carbonyl (C=O) groups is 1. The summed E-state index contributed by atoms with van der Waals surface area (Å²) in [4.78, 5) is 15.6. The van der Waals surface area contributed by atoms with Crippen molar-refractivity contribution in [2.75, 3.05) is 41.3 Å². The molecule has 0 atom stereocenters. The molecule has 1 fully saturated rings.